The number of carbonyl (C=O) groups is 1. The van der Waals surface area contributed by atoms with Gasteiger partial charge in [-0.2, -0.15) is 4.99 Å². The van der Waals surface area contributed by atoms with E-state index in [0.29, 0.717) is 29.8 Å². The molecule has 0 saturated carbocycles. The van der Waals surface area contributed by atoms with Gasteiger partial charge in [-0.3, -0.25) is 4.79 Å². The third-order valence-electron chi connectivity index (χ3n) is 7.00. The van der Waals surface area contributed by atoms with Crippen molar-refractivity contribution in [2.24, 2.45) is 10.9 Å². The molecule has 0 amide bonds. The number of ketones is 1. The minimum atomic E-state index is -0.325. The number of Topliss-reactive ketones (excluding diaryl/α,β-unsaturated/α-hetero) is 1. The molecule has 0 bridgehead atoms. The van der Waals surface area contributed by atoms with Gasteiger partial charge in [-0.05, 0) is 61.6 Å². The first-order valence-corrected chi connectivity index (χ1v) is 12.0. The van der Waals surface area contributed by atoms with Gasteiger partial charge in [0, 0.05) is 37.5 Å². The number of benzene rings is 2. The van der Waals surface area contributed by atoms with Crippen molar-refractivity contribution in [3.8, 4) is 0 Å². The Morgan fingerprint density at radius 3 is 2.49 bits per heavy atom. The summed E-state index contributed by atoms with van der Waals surface area (Å²) in [4.78, 5) is 22.3. The van der Waals surface area contributed by atoms with E-state index in [-0.39, 0.29) is 28.3 Å². The van der Waals surface area contributed by atoms with Gasteiger partial charge in [-0.1, -0.05) is 0 Å². The number of hydrogen-bond acceptors (Lipinski definition) is 4. The quantitative estimate of drug-likeness (QED) is 0.384. The van der Waals surface area contributed by atoms with E-state index in [1.807, 2.05) is 20.2 Å². The third-order valence-corrected chi connectivity index (χ3v) is 7.00. The van der Waals surface area contributed by atoms with Crippen molar-refractivity contribution in [2.75, 3.05) is 7.05 Å². The molecule has 2 heterocycles. The van der Waals surface area contributed by atoms with Crippen molar-refractivity contribution >= 4 is 23.0 Å². The summed E-state index contributed by atoms with van der Waals surface area (Å²) in [7, 11) is 1.94. The van der Waals surface area contributed by atoms with E-state index in [1.165, 1.54) is 24.3 Å². The highest BCUT2D eigenvalue weighted by Crippen LogP contribution is 2.35. The predicted molar refractivity (Wildman–Crippen MR) is 132 cm³/mol. The highest BCUT2D eigenvalue weighted by Gasteiger charge is 2.38. The number of rotatable bonds is 7. The molecule has 2 aromatic carbocycles. The van der Waals surface area contributed by atoms with Crippen LogP contribution >= 0.6 is 0 Å². The fourth-order valence-electron chi connectivity index (χ4n) is 4.98. The molecule has 2 unspecified atom stereocenters. The first-order valence-electron chi connectivity index (χ1n) is 12.0. The van der Waals surface area contributed by atoms with Crippen molar-refractivity contribution < 1.29 is 18.0 Å². The van der Waals surface area contributed by atoms with Gasteiger partial charge in [-0.25, -0.2) is 18.2 Å². The van der Waals surface area contributed by atoms with E-state index < -0.39 is 0 Å². The Bertz CT molecular complexity index is 1310. The Hall–Kier alpha value is -3.45. The van der Waals surface area contributed by atoms with Gasteiger partial charge in [-0.15, -0.1) is 0 Å². The first-order chi connectivity index (χ1) is 16.8. The molecule has 3 aromatic rings. The van der Waals surface area contributed by atoms with Crippen LogP contribution in [0.1, 0.15) is 48.6 Å². The normalized spacial score (nSPS) is 21.4. The van der Waals surface area contributed by atoms with E-state index in [2.05, 4.69) is 4.98 Å². The van der Waals surface area contributed by atoms with Crippen LogP contribution in [0.25, 0.3) is 5.70 Å². The lowest BCUT2D eigenvalue weighted by Gasteiger charge is -2.27. The molecular weight excluding hydrogens is 448 g/mol. The standard InChI is InChI=1S/C28H28F2N3O2/c1-18-31-25-14-4-19(15-27(25)35-18)3-13-24(34)16-28-32-26(20-5-7-21(29)8-6-20)17-33(28,2)23-11-9-22(30)10-12-23/h5-12,17,19H,3-4,13-16H2,1-2H3/q+1. The van der Waals surface area contributed by atoms with Crippen LogP contribution in [0.2, 0.25) is 0 Å². The second-order valence-corrected chi connectivity index (χ2v) is 9.57. The molecule has 0 fully saturated rings. The summed E-state index contributed by atoms with van der Waals surface area (Å²) in [6, 6.07) is 12.4. The zero-order valence-electron chi connectivity index (χ0n) is 19.9. The molecular formula is C28H28F2N3O2+. The lowest BCUT2D eigenvalue weighted by atomic mass is 9.86. The topological polar surface area (TPSA) is 55.5 Å². The van der Waals surface area contributed by atoms with E-state index in [1.54, 1.807) is 24.3 Å². The van der Waals surface area contributed by atoms with Crippen LogP contribution in [0.5, 0.6) is 0 Å². The number of quaternary nitrogens is 1. The second kappa shape index (κ2) is 9.30. The minimum absolute atomic E-state index is 0.114. The van der Waals surface area contributed by atoms with Crippen molar-refractivity contribution in [1.29, 1.82) is 0 Å². The summed E-state index contributed by atoms with van der Waals surface area (Å²) >= 11 is 0. The fraction of sp³-hybridized carbons (Fsp3) is 0.321. The van der Waals surface area contributed by atoms with Crippen LogP contribution in [-0.4, -0.2) is 23.7 Å². The SMILES string of the molecule is Cc1nc2c(o1)CC(CCC(=O)CC1=NC(c3ccc(F)cc3)=C[N+]1(C)c1ccc(F)cc1)CC2. The van der Waals surface area contributed by atoms with Gasteiger partial charge in [0.25, 0.3) is 0 Å². The summed E-state index contributed by atoms with van der Waals surface area (Å²) in [5, 5.41) is 0. The Balaban J connectivity index is 1.32. The number of aromatic nitrogens is 1. The molecule has 0 N–H and O–H groups in total. The molecule has 0 saturated heterocycles. The van der Waals surface area contributed by atoms with Crippen molar-refractivity contribution in [1.82, 2.24) is 9.47 Å². The van der Waals surface area contributed by atoms with Gasteiger partial charge in [0.1, 0.15) is 47.2 Å². The number of fused-ring (bicyclic) bond motifs is 1. The Kier molecular flexibility index (Phi) is 6.19. The second-order valence-electron chi connectivity index (χ2n) is 9.57. The molecule has 0 spiro atoms. The van der Waals surface area contributed by atoms with Crippen LogP contribution in [0.4, 0.5) is 14.5 Å². The Morgan fingerprint density at radius 2 is 1.77 bits per heavy atom. The molecule has 0 radical (unpaired) electrons. The predicted octanol–water partition coefficient (Wildman–Crippen LogP) is 6.15. The number of amidine groups is 1. The highest BCUT2D eigenvalue weighted by molar-refractivity contribution is 6.10. The number of aryl methyl sites for hydroxylation is 2. The number of halogens is 2. The van der Waals surface area contributed by atoms with Gasteiger partial charge in [0.15, 0.2) is 5.89 Å². The van der Waals surface area contributed by atoms with Gasteiger partial charge >= 0.3 is 0 Å². The summed E-state index contributed by atoms with van der Waals surface area (Å²) in [6.45, 7) is 1.86. The number of oxazole rings is 1. The van der Waals surface area contributed by atoms with Gasteiger partial charge < -0.3 is 4.42 Å². The first kappa shape index (κ1) is 23.3. The molecule has 1 aromatic heterocycles. The number of carbonyl (C=O) groups excluding carboxylic acids is 1. The lowest BCUT2D eigenvalue weighted by Crippen LogP contribution is -2.44. The third kappa shape index (κ3) is 4.86. The maximum atomic E-state index is 13.6. The molecule has 180 valence electrons. The summed E-state index contributed by atoms with van der Waals surface area (Å²) in [5.41, 5.74) is 3.29. The van der Waals surface area contributed by atoms with Crippen LogP contribution < -0.4 is 4.48 Å². The van der Waals surface area contributed by atoms with E-state index in [0.717, 1.165) is 48.4 Å². The zero-order valence-corrected chi connectivity index (χ0v) is 19.9. The lowest BCUT2D eigenvalue weighted by molar-refractivity contribution is -0.118. The summed E-state index contributed by atoms with van der Waals surface area (Å²) in [6.07, 6.45) is 6.09. The number of hydrogen-bond donors (Lipinski definition) is 0. The maximum Gasteiger partial charge on any atom is 0.220 e. The Labute approximate surface area is 203 Å². The fourth-order valence-corrected chi connectivity index (χ4v) is 4.98. The van der Waals surface area contributed by atoms with E-state index in [9.17, 15) is 13.6 Å². The number of nitrogens with zero attached hydrogens (tertiary/aromatic N) is 3. The van der Waals surface area contributed by atoms with Crippen LogP contribution in [0.3, 0.4) is 0 Å². The van der Waals surface area contributed by atoms with E-state index in [4.69, 9.17) is 9.41 Å². The minimum Gasteiger partial charge on any atom is -0.446 e. The van der Waals surface area contributed by atoms with Crippen molar-refractivity contribution in [2.45, 2.75) is 45.4 Å². The average Bonchev–Trinajstić information content (AvgIpc) is 3.37. The van der Waals surface area contributed by atoms with Crippen LogP contribution in [0, 0.1) is 24.5 Å². The highest BCUT2D eigenvalue weighted by atomic mass is 19.1. The molecule has 5 rings (SSSR count). The largest absolute Gasteiger partial charge is 0.446 e. The summed E-state index contributed by atoms with van der Waals surface area (Å²) < 4.78 is 32.9. The van der Waals surface area contributed by atoms with Crippen molar-refractivity contribution in [3.63, 3.8) is 0 Å². The zero-order chi connectivity index (χ0) is 24.6. The van der Waals surface area contributed by atoms with Crippen LogP contribution in [-0.2, 0) is 17.6 Å². The van der Waals surface area contributed by atoms with Gasteiger partial charge in [0.05, 0.1) is 12.7 Å². The monoisotopic (exact) mass is 476 g/mol. The average molecular weight is 477 g/mol. The molecule has 1 aliphatic carbocycles. The molecule has 2 aliphatic rings. The van der Waals surface area contributed by atoms with Gasteiger partial charge in [0.2, 0.25) is 5.84 Å². The number of aliphatic imine (C=N–C) groups is 1. The molecule has 7 heteroatoms. The Morgan fingerprint density at radius 1 is 1.09 bits per heavy atom. The van der Waals surface area contributed by atoms with E-state index >= 15 is 0 Å². The molecule has 2 atom stereocenters. The maximum absolute atomic E-state index is 13.6. The molecule has 5 nitrogen and oxygen atoms in total. The summed E-state index contributed by atoms with van der Waals surface area (Å²) in [5.74, 6) is 2.19. The van der Waals surface area contributed by atoms with Crippen LogP contribution in [0.15, 0.2) is 64.1 Å². The molecule has 35 heavy (non-hydrogen) atoms. The van der Waals surface area contributed by atoms with Crippen molar-refractivity contribution in [3.05, 3.63) is 89.3 Å². The molecule has 1 aliphatic heterocycles. The smallest absolute Gasteiger partial charge is 0.220 e.